The number of benzene rings is 1. The van der Waals surface area contributed by atoms with E-state index in [9.17, 15) is 0 Å². The molecule has 19 heavy (non-hydrogen) atoms. The zero-order chi connectivity index (χ0) is 13.4. The molecule has 0 spiro atoms. The maximum absolute atomic E-state index is 6.30. The highest BCUT2D eigenvalue weighted by atomic mass is 32.1. The van der Waals surface area contributed by atoms with Crippen LogP contribution in [-0.4, -0.2) is 18.1 Å². The fourth-order valence-electron chi connectivity index (χ4n) is 3.08. The van der Waals surface area contributed by atoms with Crippen molar-refractivity contribution in [2.45, 2.75) is 38.6 Å². The third-order valence-electron chi connectivity index (χ3n) is 4.43. The van der Waals surface area contributed by atoms with E-state index in [0.717, 1.165) is 22.8 Å². The SMILES string of the molecule is CC1CCC(N(C)c2ccc3scnc3c2N)CC1. The van der Waals surface area contributed by atoms with Crippen molar-refractivity contribution in [3.05, 3.63) is 17.6 Å². The van der Waals surface area contributed by atoms with E-state index in [1.165, 1.54) is 30.4 Å². The monoisotopic (exact) mass is 275 g/mol. The Labute approximate surface area is 118 Å². The van der Waals surface area contributed by atoms with Crippen molar-refractivity contribution < 1.29 is 0 Å². The van der Waals surface area contributed by atoms with E-state index in [1.807, 2.05) is 5.51 Å². The van der Waals surface area contributed by atoms with Crippen molar-refractivity contribution in [2.24, 2.45) is 5.92 Å². The molecule has 4 heteroatoms. The Morgan fingerprint density at radius 1 is 1.26 bits per heavy atom. The first kappa shape index (κ1) is 12.7. The van der Waals surface area contributed by atoms with Crippen LogP contribution in [0.4, 0.5) is 11.4 Å². The maximum atomic E-state index is 6.30. The van der Waals surface area contributed by atoms with Gasteiger partial charge in [0.15, 0.2) is 0 Å². The summed E-state index contributed by atoms with van der Waals surface area (Å²) in [6, 6.07) is 4.91. The molecule has 0 bridgehead atoms. The summed E-state index contributed by atoms with van der Waals surface area (Å²) in [5.74, 6) is 0.878. The average molecular weight is 275 g/mol. The third-order valence-corrected chi connectivity index (χ3v) is 5.23. The van der Waals surface area contributed by atoms with Gasteiger partial charge in [-0.1, -0.05) is 6.92 Å². The summed E-state index contributed by atoms with van der Waals surface area (Å²) >= 11 is 1.65. The lowest BCUT2D eigenvalue weighted by molar-refractivity contribution is 0.341. The van der Waals surface area contributed by atoms with Gasteiger partial charge in [0, 0.05) is 13.1 Å². The van der Waals surface area contributed by atoms with Crippen molar-refractivity contribution in [3.63, 3.8) is 0 Å². The molecular weight excluding hydrogens is 254 g/mol. The fraction of sp³-hybridized carbons (Fsp3) is 0.533. The van der Waals surface area contributed by atoms with Crippen LogP contribution in [0.3, 0.4) is 0 Å². The second kappa shape index (κ2) is 5.00. The van der Waals surface area contributed by atoms with E-state index >= 15 is 0 Å². The number of hydrogen-bond donors (Lipinski definition) is 1. The van der Waals surface area contributed by atoms with Gasteiger partial charge in [-0.15, -0.1) is 11.3 Å². The summed E-state index contributed by atoms with van der Waals surface area (Å²) in [6.45, 7) is 2.35. The lowest BCUT2D eigenvalue weighted by atomic mass is 9.86. The average Bonchev–Trinajstić information content (AvgIpc) is 2.88. The summed E-state index contributed by atoms with van der Waals surface area (Å²) in [4.78, 5) is 6.75. The van der Waals surface area contributed by atoms with Gasteiger partial charge in [-0.2, -0.15) is 0 Å². The molecule has 0 radical (unpaired) electrons. The minimum absolute atomic E-state index is 0.620. The van der Waals surface area contributed by atoms with Crippen LogP contribution in [0.15, 0.2) is 17.6 Å². The number of hydrogen-bond acceptors (Lipinski definition) is 4. The van der Waals surface area contributed by atoms with Gasteiger partial charge in [-0.3, -0.25) is 0 Å². The fourth-order valence-corrected chi connectivity index (χ4v) is 3.77. The summed E-state index contributed by atoms with van der Waals surface area (Å²) in [5.41, 5.74) is 11.1. The number of nitrogens with zero attached hydrogens (tertiary/aromatic N) is 2. The number of nitrogens with two attached hydrogens (primary N) is 1. The first-order chi connectivity index (χ1) is 9.16. The minimum Gasteiger partial charge on any atom is -0.395 e. The van der Waals surface area contributed by atoms with Gasteiger partial charge in [0.05, 0.1) is 21.6 Å². The topological polar surface area (TPSA) is 42.2 Å². The van der Waals surface area contributed by atoms with Gasteiger partial charge in [-0.25, -0.2) is 4.98 Å². The van der Waals surface area contributed by atoms with Crippen molar-refractivity contribution >= 4 is 32.9 Å². The van der Waals surface area contributed by atoms with Crippen LogP contribution in [0.5, 0.6) is 0 Å². The van der Waals surface area contributed by atoms with E-state index in [2.05, 4.69) is 36.0 Å². The Morgan fingerprint density at radius 2 is 2.00 bits per heavy atom. The third kappa shape index (κ3) is 2.29. The van der Waals surface area contributed by atoms with Crippen LogP contribution in [0.25, 0.3) is 10.2 Å². The van der Waals surface area contributed by atoms with Gasteiger partial charge in [0.2, 0.25) is 0 Å². The van der Waals surface area contributed by atoms with Gasteiger partial charge in [0.25, 0.3) is 0 Å². The van der Waals surface area contributed by atoms with E-state index in [-0.39, 0.29) is 0 Å². The molecule has 0 atom stereocenters. The van der Waals surface area contributed by atoms with Gasteiger partial charge >= 0.3 is 0 Å². The molecular formula is C15H21N3S. The molecule has 3 rings (SSSR count). The number of aromatic nitrogens is 1. The molecule has 2 N–H and O–H groups in total. The second-order valence-electron chi connectivity index (χ2n) is 5.72. The van der Waals surface area contributed by atoms with Gasteiger partial charge in [0.1, 0.15) is 5.52 Å². The standard InChI is InChI=1S/C15H21N3S/c1-10-3-5-11(6-4-10)18(2)12-7-8-13-15(14(12)16)17-9-19-13/h7-11H,3-6,16H2,1-2H3. The van der Waals surface area contributed by atoms with E-state index in [4.69, 9.17) is 5.73 Å². The smallest absolute Gasteiger partial charge is 0.106 e. The zero-order valence-electron chi connectivity index (χ0n) is 11.6. The number of nitrogen functional groups attached to an aromatic ring is 1. The highest BCUT2D eigenvalue weighted by Crippen LogP contribution is 2.35. The van der Waals surface area contributed by atoms with Crippen molar-refractivity contribution in [2.75, 3.05) is 17.7 Å². The second-order valence-corrected chi connectivity index (χ2v) is 6.61. The Balaban J connectivity index is 1.88. The van der Waals surface area contributed by atoms with Crippen molar-refractivity contribution in [1.82, 2.24) is 4.98 Å². The van der Waals surface area contributed by atoms with Crippen LogP contribution >= 0.6 is 11.3 Å². The van der Waals surface area contributed by atoms with Crippen LogP contribution < -0.4 is 10.6 Å². The molecule has 1 aliphatic carbocycles. The van der Waals surface area contributed by atoms with Crippen LogP contribution in [0.2, 0.25) is 0 Å². The van der Waals surface area contributed by atoms with Crippen molar-refractivity contribution in [1.29, 1.82) is 0 Å². The molecule has 1 heterocycles. The van der Waals surface area contributed by atoms with Crippen LogP contribution in [0, 0.1) is 5.92 Å². The number of rotatable bonds is 2. The molecule has 0 saturated heterocycles. The van der Waals surface area contributed by atoms with Gasteiger partial charge in [-0.05, 0) is 43.7 Å². The largest absolute Gasteiger partial charge is 0.395 e. The summed E-state index contributed by atoms with van der Waals surface area (Å²) in [7, 11) is 2.17. The number of thiazole rings is 1. The summed E-state index contributed by atoms with van der Waals surface area (Å²) in [5, 5.41) is 0. The van der Waals surface area contributed by atoms with Crippen LogP contribution in [0.1, 0.15) is 32.6 Å². The van der Waals surface area contributed by atoms with E-state index in [1.54, 1.807) is 11.3 Å². The quantitative estimate of drug-likeness (QED) is 0.845. The lowest BCUT2D eigenvalue weighted by Gasteiger charge is -2.35. The Hall–Kier alpha value is -1.29. The first-order valence-corrected chi connectivity index (χ1v) is 7.89. The first-order valence-electron chi connectivity index (χ1n) is 7.01. The molecule has 102 valence electrons. The van der Waals surface area contributed by atoms with Crippen molar-refractivity contribution in [3.8, 4) is 0 Å². The zero-order valence-corrected chi connectivity index (χ0v) is 12.4. The molecule has 1 aliphatic rings. The molecule has 0 unspecified atom stereocenters. The molecule has 3 nitrogen and oxygen atoms in total. The normalized spacial score (nSPS) is 23.7. The molecule has 0 amide bonds. The predicted octanol–water partition coefficient (Wildman–Crippen LogP) is 3.89. The molecule has 2 aromatic rings. The summed E-state index contributed by atoms with van der Waals surface area (Å²) < 4.78 is 1.17. The molecule has 1 aromatic heterocycles. The van der Waals surface area contributed by atoms with E-state index < -0.39 is 0 Å². The lowest BCUT2D eigenvalue weighted by Crippen LogP contribution is -2.35. The molecule has 0 aliphatic heterocycles. The molecule has 1 fully saturated rings. The predicted molar refractivity (Wildman–Crippen MR) is 83.9 cm³/mol. The Bertz CT molecular complexity index is 570. The highest BCUT2D eigenvalue weighted by Gasteiger charge is 2.23. The van der Waals surface area contributed by atoms with E-state index in [0.29, 0.717) is 6.04 Å². The van der Waals surface area contributed by atoms with Gasteiger partial charge < -0.3 is 10.6 Å². The maximum Gasteiger partial charge on any atom is 0.106 e. The highest BCUT2D eigenvalue weighted by molar-refractivity contribution is 7.16. The molecule has 1 aromatic carbocycles. The molecule has 1 saturated carbocycles. The Morgan fingerprint density at radius 3 is 2.74 bits per heavy atom. The summed E-state index contributed by atoms with van der Waals surface area (Å²) in [6.07, 6.45) is 5.19. The van der Waals surface area contributed by atoms with Crippen LogP contribution in [-0.2, 0) is 0 Å². The number of fused-ring (bicyclic) bond motifs is 1. The number of anilines is 2. The minimum atomic E-state index is 0.620. The Kier molecular flexibility index (Phi) is 3.35.